The molecule has 0 saturated heterocycles. The van der Waals surface area contributed by atoms with Crippen LogP contribution < -0.4 is 15.4 Å². The van der Waals surface area contributed by atoms with Gasteiger partial charge in [-0.05, 0) is 49.6 Å². The highest BCUT2D eigenvalue weighted by atomic mass is 127. The maximum Gasteiger partial charge on any atom is 0.191 e. The molecule has 0 bridgehead atoms. The third-order valence-electron chi connectivity index (χ3n) is 4.86. The second kappa shape index (κ2) is 14.7. The number of nitrogens with zero attached hydrogens (tertiary/aromatic N) is 2. The third kappa shape index (κ3) is 8.66. The van der Waals surface area contributed by atoms with E-state index in [0.717, 1.165) is 79.7 Å². The zero-order valence-corrected chi connectivity index (χ0v) is 21.2. The first-order valence-corrected chi connectivity index (χ1v) is 10.9. The molecule has 3 rings (SSSR count). The van der Waals surface area contributed by atoms with E-state index in [2.05, 4.69) is 26.7 Å². The molecule has 0 aliphatic carbocycles. The van der Waals surface area contributed by atoms with Crippen molar-refractivity contribution >= 4 is 41.0 Å². The first kappa shape index (κ1) is 25.9. The Morgan fingerprint density at radius 2 is 1.78 bits per heavy atom. The number of fused-ring (bicyclic) bond motifs is 1. The topological polar surface area (TPSA) is 83.6 Å². The van der Waals surface area contributed by atoms with Gasteiger partial charge in [-0.3, -0.25) is 0 Å². The molecule has 7 nitrogen and oxygen atoms in total. The van der Waals surface area contributed by atoms with Crippen LogP contribution in [0.15, 0.2) is 53.5 Å². The zero-order chi connectivity index (χ0) is 21.7. The number of guanidine groups is 1. The average molecular weight is 551 g/mol. The van der Waals surface area contributed by atoms with E-state index in [0.29, 0.717) is 6.54 Å². The largest absolute Gasteiger partial charge is 0.497 e. The van der Waals surface area contributed by atoms with E-state index in [4.69, 9.17) is 14.5 Å². The second-order valence-corrected chi connectivity index (χ2v) is 7.22. The summed E-state index contributed by atoms with van der Waals surface area (Å²) >= 11 is 0. The maximum absolute atomic E-state index is 5.42. The number of halogens is 1. The highest BCUT2D eigenvalue weighted by Gasteiger charge is 2.03. The van der Waals surface area contributed by atoms with Gasteiger partial charge < -0.3 is 25.1 Å². The van der Waals surface area contributed by atoms with E-state index >= 15 is 0 Å². The highest BCUT2D eigenvalue weighted by Crippen LogP contribution is 2.12. The summed E-state index contributed by atoms with van der Waals surface area (Å²) in [6.45, 7) is 5.75. The van der Waals surface area contributed by atoms with Gasteiger partial charge in [0.05, 0.1) is 24.7 Å². The molecule has 0 saturated carbocycles. The summed E-state index contributed by atoms with van der Waals surface area (Å²) in [4.78, 5) is 12.8. The van der Waals surface area contributed by atoms with E-state index in [9.17, 15) is 0 Å². The van der Waals surface area contributed by atoms with Crippen LogP contribution in [0.3, 0.4) is 0 Å². The molecule has 0 aliphatic rings. The molecule has 1 aromatic heterocycles. The molecule has 3 aromatic rings. The van der Waals surface area contributed by atoms with Gasteiger partial charge in [0, 0.05) is 32.7 Å². The number of aryl methyl sites for hydroxylation is 1. The molecule has 0 spiro atoms. The van der Waals surface area contributed by atoms with Crippen molar-refractivity contribution in [3.63, 3.8) is 0 Å². The summed E-state index contributed by atoms with van der Waals surface area (Å²) in [6.07, 6.45) is 2.79. The van der Waals surface area contributed by atoms with Crippen LogP contribution in [-0.4, -0.2) is 49.3 Å². The number of nitrogens with one attached hydrogen (secondary N) is 3. The number of ether oxygens (including phenoxy) is 2. The van der Waals surface area contributed by atoms with Crippen molar-refractivity contribution in [3.8, 4) is 5.75 Å². The van der Waals surface area contributed by atoms with Crippen molar-refractivity contribution in [1.82, 2.24) is 20.6 Å². The van der Waals surface area contributed by atoms with E-state index < -0.39 is 0 Å². The lowest BCUT2D eigenvalue weighted by molar-refractivity contribution is 0.145. The standard InChI is InChI=1S/C24H33N5O2.HI/c1-3-31-17-7-16-26-24(27-18-19-11-13-20(30-2)14-12-19)25-15-6-10-23-28-21-8-4-5-9-22(21)29-23;/h4-5,8-9,11-14H,3,6-7,10,15-18H2,1-2H3,(H,28,29)(H2,25,26,27);1H. The first-order valence-electron chi connectivity index (χ1n) is 10.9. The molecule has 32 heavy (non-hydrogen) atoms. The summed E-state index contributed by atoms with van der Waals surface area (Å²) in [5.41, 5.74) is 3.24. The molecule has 0 radical (unpaired) electrons. The van der Waals surface area contributed by atoms with Crippen molar-refractivity contribution in [1.29, 1.82) is 0 Å². The second-order valence-electron chi connectivity index (χ2n) is 7.22. The van der Waals surface area contributed by atoms with Crippen LogP contribution in [0.4, 0.5) is 0 Å². The molecule has 2 aromatic carbocycles. The molecule has 0 atom stereocenters. The van der Waals surface area contributed by atoms with E-state index in [1.54, 1.807) is 7.11 Å². The minimum absolute atomic E-state index is 0. The van der Waals surface area contributed by atoms with Gasteiger partial charge in [-0.25, -0.2) is 9.98 Å². The summed E-state index contributed by atoms with van der Waals surface area (Å²) in [5.74, 6) is 2.69. The van der Waals surface area contributed by atoms with Gasteiger partial charge in [-0.2, -0.15) is 0 Å². The number of hydrogen-bond donors (Lipinski definition) is 3. The minimum atomic E-state index is 0. The smallest absolute Gasteiger partial charge is 0.191 e. The highest BCUT2D eigenvalue weighted by molar-refractivity contribution is 14.0. The van der Waals surface area contributed by atoms with E-state index in [1.165, 1.54) is 0 Å². The molecule has 8 heteroatoms. The van der Waals surface area contributed by atoms with Gasteiger partial charge in [0.1, 0.15) is 11.6 Å². The molecular weight excluding hydrogens is 517 g/mol. The van der Waals surface area contributed by atoms with Gasteiger partial charge >= 0.3 is 0 Å². The Bertz CT molecular complexity index is 910. The maximum atomic E-state index is 5.42. The summed E-state index contributed by atoms with van der Waals surface area (Å²) in [6, 6.07) is 16.1. The average Bonchev–Trinajstić information content (AvgIpc) is 3.22. The lowest BCUT2D eigenvalue weighted by Gasteiger charge is -2.13. The van der Waals surface area contributed by atoms with Crippen molar-refractivity contribution in [2.24, 2.45) is 4.99 Å². The van der Waals surface area contributed by atoms with Crippen molar-refractivity contribution < 1.29 is 9.47 Å². The number of H-pyrrole nitrogens is 1. The molecule has 0 fully saturated rings. The Morgan fingerprint density at radius 1 is 1.03 bits per heavy atom. The zero-order valence-electron chi connectivity index (χ0n) is 18.9. The Labute approximate surface area is 207 Å². The molecule has 174 valence electrons. The normalized spacial score (nSPS) is 11.2. The molecule has 0 unspecified atom stereocenters. The van der Waals surface area contributed by atoms with Crippen molar-refractivity contribution in [3.05, 3.63) is 59.9 Å². The van der Waals surface area contributed by atoms with Crippen LogP contribution in [0.5, 0.6) is 5.75 Å². The van der Waals surface area contributed by atoms with E-state index in [1.807, 2.05) is 49.4 Å². The first-order chi connectivity index (χ1) is 15.3. The Balaban J connectivity index is 0.00000363. The van der Waals surface area contributed by atoms with Crippen LogP contribution >= 0.6 is 24.0 Å². The number of benzene rings is 2. The molecule has 1 heterocycles. The lowest BCUT2D eigenvalue weighted by atomic mass is 10.2. The predicted molar refractivity (Wildman–Crippen MR) is 141 cm³/mol. The number of imidazole rings is 1. The summed E-state index contributed by atoms with van der Waals surface area (Å²) in [7, 11) is 1.67. The van der Waals surface area contributed by atoms with Crippen LogP contribution in [0.1, 0.15) is 31.2 Å². The number of aliphatic imine (C=N–C) groups is 1. The Hall–Kier alpha value is -2.33. The molecule has 0 aliphatic heterocycles. The number of para-hydroxylation sites is 2. The Kier molecular flexibility index (Phi) is 11.9. The fourth-order valence-electron chi connectivity index (χ4n) is 3.19. The number of aromatic nitrogens is 2. The van der Waals surface area contributed by atoms with Crippen LogP contribution in [0, 0.1) is 0 Å². The van der Waals surface area contributed by atoms with Crippen LogP contribution in [0.2, 0.25) is 0 Å². The number of rotatable bonds is 12. The minimum Gasteiger partial charge on any atom is -0.497 e. The van der Waals surface area contributed by atoms with Gasteiger partial charge in [0.15, 0.2) is 5.96 Å². The van der Waals surface area contributed by atoms with Gasteiger partial charge in [0.2, 0.25) is 0 Å². The molecular formula is C24H34IN5O2. The Morgan fingerprint density at radius 3 is 2.50 bits per heavy atom. The van der Waals surface area contributed by atoms with Gasteiger partial charge in [0.25, 0.3) is 0 Å². The van der Waals surface area contributed by atoms with Crippen molar-refractivity contribution in [2.45, 2.75) is 32.7 Å². The number of aromatic amines is 1. The summed E-state index contributed by atoms with van der Waals surface area (Å²) < 4.78 is 10.6. The SMILES string of the molecule is CCOCCCNC(=NCc1ccc(OC)cc1)NCCCc1nc2ccccc2[nH]1.I. The lowest BCUT2D eigenvalue weighted by Crippen LogP contribution is -2.38. The molecule has 3 N–H and O–H groups in total. The fourth-order valence-corrected chi connectivity index (χ4v) is 3.19. The summed E-state index contributed by atoms with van der Waals surface area (Å²) in [5, 5.41) is 6.84. The quantitative estimate of drug-likeness (QED) is 0.136. The van der Waals surface area contributed by atoms with E-state index in [-0.39, 0.29) is 24.0 Å². The van der Waals surface area contributed by atoms with Crippen LogP contribution in [-0.2, 0) is 17.7 Å². The van der Waals surface area contributed by atoms with Crippen molar-refractivity contribution in [2.75, 3.05) is 33.4 Å². The monoisotopic (exact) mass is 551 g/mol. The predicted octanol–water partition coefficient (Wildman–Crippen LogP) is 4.28. The molecule has 0 amide bonds. The van der Waals surface area contributed by atoms with Crippen LogP contribution in [0.25, 0.3) is 11.0 Å². The van der Waals surface area contributed by atoms with Gasteiger partial charge in [-0.1, -0.05) is 24.3 Å². The number of methoxy groups -OCH3 is 1. The fraction of sp³-hybridized carbons (Fsp3) is 0.417. The van der Waals surface area contributed by atoms with Gasteiger partial charge in [-0.15, -0.1) is 24.0 Å². The third-order valence-corrected chi connectivity index (χ3v) is 4.86. The number of hydrogen-bond acceptors (Lipinski definition) is 4.